The predicted molar refractivity (Wildman–Crippen MR) is 41.8 cm³/mol. The maximum atomic E-state index is 5.80. The number of hydrogen-bond donors (Lipinski definition) is 1. The molecular formula is C7H9ClN2. The van der Waals surface area contributed by atoms with Crippen LogP contribution >= 0.6 is 11.6 Å². The van der Waals surface area contributed by atoms with E-state index in [9.17, 15) is 0 Å². The highest BCUT2D eigenvalue weighted by Crippen LogP contribution is 2.18. The summed E-state index contributed by atoms with van der Waals surface area (Å²) >= 11 is 5.80. The summed E-state index contributed by atoms with van der Waals surface area (Å²) in [7, 11) is 0. The zero-order valence-corrected chi connectivity index (χ0v) is 6.47. The van der Waals surface area contributed by atoms with Crippen LogP contribution in [0.1, 0.15) is 18.5 Å². The van der Waals surface area contributed by atoms with Gasteiger partial charge in [0.2, 0.25) is 0 Å². The van der Waals surface area contributed by atoms with E-state index in [-0.39, 0.29) is 6.04 Å². The number of rotatable bonds is 1. The molecule has 0 radical (unpaired) electrons. The van der Waals surface area contributed by atoms with Crippen LogP contribution in [0.15, 0.2) is 18.5 Å². The Bertz CT molecular complexity index is 223. The van der Waals surface area contributed by atoms with E-state index >= 15 is 0 Å². The first-order chi connectivity index (χ1) is 4.72. The normalized spacial score (nSPS) is 13.1. The molecule has 1 heterocycles. The van der Waals surface area contributed by atoms with E-state index in [4.69, 9.17) is 17.3 Å². The lowest BCUT2D eigenvalue weighted by Gasteiger charge is -2.05. The molecule has 0 amide bonds. The largest absolute Gasteiger partial charge is 0.324 e. The van der Waals surface area contributed by atoms with Gasteiger partial charge < -0.3 is 5.73 Å². The molecule has 54 valence electrons. The topological polar surface area (TPSA) is 38.9 Å². The van der Waals surface area contributed by atoms with E-state index in [2.05, 4.69) is 4.98 Å². The predicted octanol–water partition coefficient (Wildman–Crippen LogP) is 1.75. The number of halogens is 1. The Morgan fingerprint density at radius 1 is 1.70 bits per heavy atom. The average molecular weight is 157 g/mol. The van der Waals surface area contributed by atoms with Crippen LogP contribution in [0.4, 0.5) is 0 Å². The van der Waals surface area contributed by atoms with Gasteiger partial charge in [0.1, 0.15) is 0 Å². The third-order valence-electron chi connectivity index (χ3n) is 1.29. The standard InChI is InChI=1S/C7H9ClN2/c1-5(9)6-4-10-3-2-7(6)8/h2-5H,9H2,1H3/t5-/m1/s1. The summed E-state index contributed by atoms with van der Waals surface area (Å²) in [4.78, 5) is 3.90. The third kappa shape index (κ3) is 1.46. The van der Waals surface area contributed by atoms with Crippen LogP contribution in [0.25, 0.3) is 0 Å². The Morgan fingerprint density at radius 3 is 2.80 bits per heavy atom. The number of aromatic nitrogens is 1. The Kier molecular flexibility index (Phi) is 2.25. The molecule has 0 unspecified atom stereocenters. The molecule has 0 aliphatic carbocycles. The fraction of sp³-hybridized carbons (Fsp3) is 0.286. The summed E-state index contributed by atoms with van der Waals surface area (Å²) in [6.45, 7) is 1.88. The molecule has 0 saturated heterocycles. The van der Waals surface area contributed by atoms with Crippen LogP contribution in [-0.4, -0.2) is 4.98 Å². The lowest BCUT2D eigenvalue weighted by molar-refractivity contribution is 0.812. The average Bonchev–Trinajstić information content (AvgIpc) is 1.88. The number of pyridine rings is 1. The van der Waals surface area contributed by atoms with Crippen molar-refractivity contribution in [1.29, 1.82) is 0 Å². The first-order valence-electron chi connectivity index (χ1n) is 3.07. The van der Waals surface area contributed by atoms with E-state index in [1.54, 1.807) is 18.5 Å². The molecule has 0 fully saturated rings. The minimum atomic E-state index is -0.0406. The van der Waals surface area contributed by atoms with E-state index < -0.39 is 0 Å². The lowest BCUT2D eigenvalue weighted by Crippen LogP contribution is -2.05. The highest BCUT2D eigenvalue weighted by molar-refractivity contribution is 6.31. The van der Waals surface area contributed by atoms with Crippen LogP contribution in [0, 0.1) is 0 Å². The van der Waals surface area contributed by atoms with Gasteiger partial charge in [0.25, 0.3) is 0 Å². The van der Waals surface area contributed by atoms with Crippen molar-refractivity contribution in [3.8, 4) is 0 Å². The Morgan fingerprint density at radius 2 is 2.40 bits per heavy atom. The van der Waals surface area contributed by atoms with Gasteiger partial charge in [-0.1, -0.05) is 11.6 Å². The second kappa shape index (κ2) is 2.99. The smallest absolute Gasteiger partial charge is 0.0484 e. The van der Waals surface area contributed by atoms with Crippen molar-refractivity contribution in [2.75, 3.05) is 0 Å². The van der Waals surface area contributed by atoms with E-state index in [1.165, 1.54) is 0 Å². The van der Waals surface area contributed by atoms with Gasteiger partial charge in [0.05, 0.1) is 0 Å². The fourth-order valence-electron chi connectivity index (χ4n) is 0.725. The Labute approximate surface area is 65.0 Å². The summed E-state index contributed by atoms with van der Waals surface area (Å²) in [5.41, 5.74) is 6.48. The van der Waals surface area contributed by atoms with Gasteiger partial charge in [-0.15, -0.1) is 0 Å². The van der Waals surface area contributed by atoms with Gasteiger partial charge in [-0.2, -0.15) is 0 Å². The summed E-state index contributed by atoms with van der Waals surface area (Å²) < 4.78 is 0. The molecule has 3 heteroatoms. The van der Waals surface area contributed by atoms with Gasteiger partial charge in [-0.05, 0) is 13.0 Å². The van der Waals surface area contributed by atoms with E-state index in [0.29, 0.717) is 5.02 Å². The zero-order valence-electron chi connectivity index (χ0n) is 5.71. The van der Waals surface area contributed by atoms with Crippen LogP contribution in [-0.2, 0) is 0 Å². The molecule has 0 aliphatic heterocycles. The molecule has 1 rings (SSSR count). The Hall–Kier alpha value is -0.600. The van der Waals surface area contributed by atoms with Gasteiger partial charge in [-0.3, -0.25) is 4.98 Å². The fourth-order valence-corrected chi connectivity index (χ4v) is 1.00. The van der Waals surface area contributed by atoms with Crippen molar-refractivity contribution < 1.29 is 0 Å². The molecule has 2 N–H and O–H groups in total. The van der Waals surface area contributed by atoms with Crippen molar-refractivity contribution in [2.45, 2.75) is 13.0 Å². The SMILES string of the molecule is C[C@@H](N)c1cnccc1Cl. The number of nitrogens with two attached hydrogens (primary N) is 1. The second-order valence-electron chi connectivity index (χ2n) is 2.19. The van der Waals surface area contributed by atoms with Gasteiger partial charge >= 0.3 is 0 Å². The maximum Gasteiger partial charge on any atom is 0.0484 e. The molecule has 1 aromatic rings. The van der Waals surface area contributed by atoms with Crippen molar-refractivity contribution >= 4 is 11.6 Å². The first kappa shape index (κ1) is 7.51. The molecule has 0 spiro atoms. The van der Waals surface area contributed by atoms with E-state index in [0.717, 1.165) is 5.56 Å². The molecule has 2 nitrogen and oxygen atoms in total. The van der Waals surface area contributed by atoms with Crippen LogP contribution in [0.2, 0.25) is 5.02 Å². The highest BCUT2D eigenvalue weighted by Gasteiger charge is 2.02. The molecule has 1 aromatic heterocycles. The minimum absolute atomic E-state index is 0.0406. The Balaban J connectivity index is 3.03. The molecule has 1 atom stereocenters. The summed E-state index contributed by atoms with van der Waals surface area (Å²) in [5.74, 6) is 0. The zero-order chi connectivity index (χ0) is 7.56. The quantitative estimate of drug-likeness (QED) is 0.673. The van der Waals surface area contributed by atoms with Crippen molar-refractivity contribution in [1.82, 2.24) is 4.98 Å². The molecule has 0 aromatic carbocycles. The lowest BCUT2D eigenvalue weighted by atomic mass is 10.2. The van der Waals surface area contributed by atoms with Gasteiger partial charge in [0, 0.05) is 29.0 Å². The van der Waals surface area contributed by atoms with E-state index in [1.807, 2.05) is 6.92 Å². The molecule has 0 aliphatic rings. The molecule has 0 saturated carbocycles. The minimum Gasteiger partial charge on any atom is -0.324 e. The van der Waals surface area contributed by atoms with Gasteiger partial charge in [0.15, 0.2) is 0 Å². The highest BCUT2D eigenvalue weighted by atomic mass is 35.5. The number of nitrogens with zero attached hydrogens (tertiary/aromatic N) is 1. The monoisotopic (exact) mass is 156 g/mol. The maximum absolute atomic E-state index is 5.80. The molecule has 0 bridgehead atoms. The third-order valence-corrected chi connectivity index (χ3v) is 1.63. The van der Waals surface area contributed by atoms with Crippen molar-refractivity contribution in [3.05, 3.63) is 29.0 Å². The number of hydrogen-bond acceptors (Lipinski definition) is 2. The van der Waals surface area contributed by atoms with Crippen molar-refractivity contribution in [2.24, 2.45) is 5.73 Å². The molecular weight excluding hydrogens is 148 g/mol. The van der Waals surface area contributed by atoms with Crippen LogP contribution in [0.3, 0.4) is 0 Å². The van der Waals surface area contributed by atoms with Crippen molar-refractivity contribution in [3.63, 3.8) is 0 Å². The summed E-state index contributed by atoms with van der Waals surface area (Å²) in [6, 6.07) is 1.70. The van der Waals surface area contributed by atoms with Gasteiger partial charge in [-0.25, -0.2) is 0 Å². The second-order valence-corrected chi connectivity index (χ2v) is 2.59. The molecule has 10 heavy (non-hydrogen) atoms. The van der Waals surface area contributed by atoms with Crippen LogP contribution in [0.5, 0.6) is 0 Å². The van der Waals surface area contributed by atoms with Crippen LogP contribution < -0.4 is 5.73 Å². The first-order valence-corrected chi connectivity index (χ1v) is 3.44. The summed E-state index contributed by atoms with van der Waals surface area (Å²) in [6.07, 6.45) is 3.33. The summed E-state index contributed by atoms with van der Waals surface area (Å²) in [5, 5.41) is 0.685.